The largest absolute Gasteiger partial charge is 0.294 e. The monoisotopic (exact) mass is 435 g/mol. The van der Waals surface area contributed by atoms with Gasteiger partial charge in [0, 0.05) is 33.7 Å². The fraction of sp³-hybridized carbons (Fsp3) is 0. The molecule has 158 valence electrons. The summed E-state index contributed by atoms with van der Waals surface area (Å²) in [6.07, 6.45) is 1.83. The number of pyridine rings is 2. The zero-order valence-electron chi connectivity index (χ0n) is 18.1. The molecule has 0 radical (unpaired) electrons. The second-order valence-corrected chi connectivity index (χ2v) is 8.29. The molecule has 0 aliphatic heterocycles. The van der Waals surface area contributed by atoms with Crippen LogP contribution in [0.25, 0.3) is 55.4 Å². The summed E-state index contributed by atoms with van der Waals surface area (Å²) in [5, 5.41) is 12.7. The Kier molecular flexibility index (Phi) is 3.84. The molecule has 0 spiro atoms. The molecule has 0 unspecified atom stereocenters. The molecule has 0 aliphatic rings. The van der Waals surface area contributed by atoms with Crippen molar-refractivity contribution >= 4 is 44.0 Å². The molecule has 5 heteroatoms. The molecule has 3 aromatic carbocycles. The third-order valence-electron chi connectivity index (χ3n) is 6.37. The minimum atomic E-state index is 0.618. The molecule has 0 atom stereocenters. The summed E-state index contributed by atoms with van der Waals surface area (Å²) in [4.78, 5) is 9.99. The van der Waals surface area contributed by atoms with Crippen LogP contribution in [0.3, 0.4) is 0 Å². The van der Waals surface area contributed by atoms with Gasteiger partial charge in [0.25, 0.3) is 0 Å². The van der Waals surface area contributed by atoms with Crippen molar-refractivity contribution in [3.8, 4) is 17.4 Å². The van der Waals surface area contributed by atoms with Gasteiger partial charge in [0.1, 0.15) is 11.3 Å². The molecule has 0 fully saturated rings. The van der Waals surface area contributed by atoms with Gasteiger partial charge in [0.05, 0.1) is 28.2 Å². The summed E-state index contributed by atoms with van der Waals surface area (Å²) >= 11 is 0. The molecule has 34 heavy (non-hydrogen) atoms. The van der Waals surface area contributed by atoms with Crippen LogP contribution in [0.2, 0.25) is 0 Å². The molecule has 0 aliphatic carbocycles. The van der Waals surface area contributed by atoms with E-state index in [0.29, 0.717) is 5.56 Å². The molecular formula is C29H17N5. The molecule has 0 saturated heterocycles. The van der Waals surface area contributed by atoms with Gasteiger partial charge >= 0.3 is 0 Å². The van der Waals surface area contributed by atoms with E-state index in [0.717, 1.165) is 55.4 Å². The van der Waals surface area contributed by atoms with Gasteiger partial charge in [-0.3, -0.25) is 14.1 Å². The van der Waals surface area contributed by atoms with Crippen molar-refractivity contribution < 1.29 is 0 Å². The lowest BCUT2D eigenvalue weighted by atomic mass is 10.1. The van der Waals surface area contributed by atoms with Crippen molar-refractivity contribution in [1.82, 2.24) is 19.1 Å². The SMILES string of the molecule is N#Cc1cccc(-n2c3ccccc3c3cc4c5ncccc5n(-c5ccccc5)c4nc32)c1. The lowest BCUT2D eigenvalue weighted by Gasteiger charge is -2.09. The van der Waals surface area contributed by atoms with Gasteiger partial charge in [-0.1, -0.05) is 42.5 Å². The van der Waals surface area contributed by atoms with Gasteiger partial charge in [-0.25, -0.2) is 4.98 Å². The van der Waals surface area contributed by atoms with Gasteiger partial charge < -0.3 is 0 Å². The van der Waals surface area contributed by atoms with E-state index in [-0.39, 0.29) is 0 Å². The van der Waals surface area contributed by atoms with Crippen molar-refractivity contribution in [3.05, 3.63) is 109 Å². The third kappa shape index (κ3) is 2.54. The van der Waals surface area contributed by atoms with E-state index in [9.17, 15) is 5.26 Å². The van der Waals surface area contributed by atoms with Crippen LogP contribution in [0.1, 0.15) is 5.56 Å². The van der Waals surface area contributed by atoms with Crippen molar-refractivity contribution in [2.45, 2.75) is 0 Å². The lowest BCUT2D eigenvalue weighted by Crippen LogP contribution is -1.99. The van der Waals surface area contributed by atoms with Gasteiger partial charge in [0.2, 0.25) is 0 Å². The maximum Gasteiger partial charge on any atom is 0.149 e. The van der Waals surface area contributed by atoms with E-state index in [1.165, 1.54) is 0 Å². The van der Waals surface area contributed by atoms with E-state index < -0.39 is 0 Å². The Hall–Kier alpha value is -4.95. The highest BCUT2D eigenvalue weighted by molar-refractivity contribution is 6.15. The standard InChI is InChI=1S/C29H17N5/c30-18-19-8-6-11-21(16-19)34-25-13-5-4-12-22(25)23-17-24-27-26(14-7-15-31-27)33(29(24)32-28(23)34)20-9-2-1-3-10-20/h1-17H. The second-order valence-electron chi connectivity index (χ2n) is 8.29. The number of nitriles is 1. The van der Waals surface area contributed by atoms with E-state index in [4.69, 9.17) is 9.97 Å². The number of nitrogens with zero attached hydrogens (tertiary/aromatic N) is 5. The first-order valence-corrected chi connectivity index (χ1v) is 11.1. The van der Waals surface area contributed by atoms with Gasteiger partial charge in [-0.05, 0) is 54.6 Å². The minimum Gasteiger partial charge on any atom is -0.294 e. The van der Waals surface area contributed by atoms with E-state index in [1.807, 2.05) is 66.9 Å². The summed E-state index contributed by atoms with van der Waals surface area (Å²) in [5.74, 6) is 0. The Morgan fingerprint density at radius 2 is 1.35 bits per heavy atom. The van der Waals surface area contributed by atoms with Crippen molar-refractivity contribution in [2.75, 3.05) is 0 Å². The zero-order valence-corrected chi connectivity index (χ0v) is 18.1. The number of hydrogen-bond donors (Lipinski definition) is 0. The van der Waals surface area contributed by atoms with Crippen LogP contribution < -0.4 is 0 Å². The van der Waals surface area contributed by atoms with Crippen molar-refractivity contribution in [3.63, 3.8) is 0 Å². The smallest absolute Gasteiger partial charge is 0.149 e. The van der Waals surface area contributed by atoms with Gasteiger partial charge in [-0.15, -0.1) is 0 Å². The van der Waals surface area contributed by atoms with Crippen molar-refractivity contribution in [1.29, 1.82) is 5.26 Å². The molecule has 0 bridgehead atoms. The average molecular weight is 435 g/mol. The van der Waals surface area contributed by atoms with Crippen LogP contribution in [0, 0.1) is 11.3 Å². The zero-order chi connectivity index (χ0) is 22.6. The average Bonchev–Trinajstić information content (AvgIpc) is 3.40. The highest BCUT2D eigenvalue weighted by Gasteiger charge is 2.20. The highest BCUT2D eigenvalue weighted by atomic mass is 15.1. The van der Waals surface area contributed by atoms with E-state index in [2.05, 4.69) is 51.6 Å². The Labute approximate surface area is 194 Å². The summed E-state index contributed by atoms with van der Waals surface area (Å²) in [6, 6.07) is 34.7. The number of hydrogen-bond acceptors (Lipinski definition) is 3. The van der Waals surface area contributed by atoms with Crippen molar-refractivity contribution in [2.24, 2.45) is 0 Å². The Morgan fingerprint density at radius 3 is 2.24 bits per heavy atom. The van der Waals surface area contributed by atoms with Crippen LogP contribution >= 0.6 is 0 Å². The number of rotatable bonds is 2. The summed E-state index contributed by atoms with van der Waals surface area (Å²) in [7, 11) is 0. The highest BCUT2D eigenvalue weighted by Crippen LogP contribution is 2.37. The van der Waals surface area contributed by atoms with Crippen LogP contribution in [-0.2, 0) is 0 Å². The van der Waals surface area contributed by atoms with Gasteiger partial charge in [0.15, 0.2) is 0 Å². The summed E-state index contributed by atoms with van der Waals surface area (Å²) in [5.41, 5.74) is 7.28. The first-order valence-electron chi connectivity index (χ1n) is 11.1. The second kappa shape index (κ2) is 7.03. The van der Waals surface area contributed by atoms with Crippen LogP contribution in [0.15, 0.2) is 103 Å². The number of fused-ring (bicyclic) bond motifs is 6. The molecule has 4 aromatic heterocycles. The number of aromatic nitrogens is 4. The number of para-hydroxylation sites is 2. The van der Waals surface area contributed by atoms with E-state index in [1.54, 1.807) is 0 Å². The first kappa shape index (κ1) is 18.6. The first-order chi connectivity index (χ1) is 16.8. The Balaban J connectivity index is 1.69. The lowest BCUT2D eigenvalue weighted by molar-refractivity contribution is 1.11. The number of benzene rings is 3. The molecule has 0 saturated carbocycles. The maximum atomic E-state index is 9.49. The molecule has 7 aromatic rings. The normalized spacial score (nSPS) is 11.5. The predicted octanol–water partition coefficient (Wildman–Crippen LogP) is 6.54. The fourth-order valence-electron chi connectivity index (χ4n) is 4.93. The quantitative estimate of drug-likeness (QED) is 0.310. The Bertz CT molecular complexity index is 1920. The van der Waals surface area contributed by atoms with Gasteiger partial charge in [-0.2, -0.15) is 5.26 Å². The topological polar surface area (TPSA) is 59.4 Å². The minimum absolute atomic E-state index is 0.618. The van der Waals surface area contributed by atoms with Crippen LogP contribution in [0.4, 0.5) is 0 Å². The molecular weight excluding hydrogens is 418 g/mol. The maximum absolute atomic E-state index is 9.49. The molecule has 5 nitrogen and oxygen atoms in total. The molecule has 4 heterocycles. The van der Waals surface area contributed by atoms with E-state index >= 15 is 0 Å². The van der Waals surface area contributed by atoms with Crippen LogP contribution in [0.5, 0.6) is 0 Å². The molecule has 0 amide bonds. The fourth-order valence-corrected chi connectivity index (χ4v) is 4.93. The van der Waals surface area contributed by atoms with Crippen LogP contribution in [-0.4, -0.2) is 19.1 Å². The predicted molar refractivity (Wildman–Crippen MR) is 135 cm³/mol. The summed E-state index contributed by atoms with van der Waals surface area (Å²) in [6.45, 7) is 0. The Morgan fingerprint density at radius 1 is 0.618 bits per heavy atom. The molecule has 7 rings (SSSR count). The molecule has 0 N–H and O–H groups in total. The summed E-state index contributed by atoms with van der Waals surface area (Å²) < 4.78 is 4.32. The third-order valence-corrected chi connectivity index (χ3v) is 6.37.